The molecule has 1 unspecified atom stereocenters. The SMILES string of the molecule is NC(Cc1ccc(F)c(Cl)c1)c1ccc2c(c1)COC2. The van der Waals surface area contributed by atoms with Gasteiger partial charge in [0.1, 0.15) is 5.82 Å². The number of rotatable bonds is 3. The Bertz CT molecular complexity index is 644. The van der Waals surface area contributed by atoms with Gasteiger partial charge in [0.15, 0.2) is 0 Å². The van der Waals surface area contributed by atoms with Crippen molar-refractivity contribution in [3.8, 4) is 0 Å². The maximum atomic E-state index is 13.1. The minimum absolute atomic E-state index is 0.136. The van der Waals surface area contributed by atoms with Crippen LogP contribution >= 0.6 is 11.6 Å². The number of nitrogens with two attached hydrogens (primary N) is 1. The van der Waals surface area contributed by atoms with E-state index in [-0.39, 0.29) is 11.1 Å². The smallest absolute Gasteiger partial charge is 0.141 e. The van der Waals surface area contributed by atoms with E-state index in [0.29, 0.717) is 19.6 Å². The highest BCUT2D eigenvalue weighted by Gasteiger charge is 2.14. The van der Waals surface area contributed by atoms with E-state index in [1.807, 2.05) is 6.07 Å². The van der Waals surface area contributed by atoms with Crippen molar-refractivity contribution >= 4 is 11.6 Å². The van der Waals surface area contributed by atoms with Gasteiger partial charge in [0, 0.05) is 6.04 Å². The van der Waals surface area contributed by atoms with Crippen LogP contribution in [0.1, 0.15) is 28.3 Å². The average Bonchev–Trinajstić information content (AvgIpc) is 2.90. The lowest BCUT2D eigenvalue weighted by molar-refractivity contribution is 0.134. The predicted octanol–water partition coefficient (Wildman–Crippen LogP) is 3.75. The Balaban J connectivity index is 1.78. The van der Waals surface area contributed by atoms with Crippen LogP contribution < -0.4 is 5.73 Å². The molecule has 1 atom stereocenters. The first-order chi connectivity index (χ1) is 9.63. The molecule has 0 fully saturated rings. The first kappa shape index (κ1) is 13.6. The van der Waals surface area contributed by atoms with E-state index in [4.69, 9.17) is 22.1 Å². The highest BCUT2D eigenvalue weighted by atomic mass is 35.5. The summed E-state index contributed by atoms with van der Waals surface area (Å²) in [6.07, 6.45) is 0.625. The van der Waals surface area contributed by atoms with Gasteiger partial charge in [-0.2, -0.15) is 0 Å². The Morgan fingerprint density at radius 2 is 1.95 bits per heavy atom. The molecule has 0 radical (unpaired) electrons. The molecule has 1 heterocycles. The van der Waals surface area contributed by atoms with E-state index < -0.39 is 5.82 Å². The zero-order chi connectivity index (χ0) is 14.1. The van der Waals surface area contributed by atoms with Crippen LogP contribution in [0.5, 0.6) is 0 Å². The Hall–Kier alpha value is -1.42. The van der Waals surface area contributed by atoms with Gasteiger partial charge in [0.2, 0.25) is 0 Å². The normalized spacial score (nSPS) is 15.2. The Labute approximate surface area is 122 Å². The number of hydrogen-bond donors (Lipinski definition) is 1. The summed E-state index contributed by atoms with van der Waals surface area (Å²) in [5.74, 6) is -0.404. The number of halogens is 2. The van der Waals surface area contributed by atoms with Crippen LogP contribution in [-0.2, 0) is 24.4 Å². The van der Waals surface area contributed by atoms with E-state index in [9.17, 15) is 4.39 Å². The molecule has 2 aromatic carbocycles. The molecule has 1 aliphatic rings. The monoisotopic (exact) mass is 291 g/mol. The van der Waals surface area contributed by atoms with Crippen LogP contribution in [0.25, 0.3) is 0 Å². The summed E-state index contributed by atoms with van der Waals surface area (Å²) in [5.41, 5.74) is 10.7. The lowest BCUT2D eigenvalue weighted by Crippen LogP contribution is -2.13. The molecular formula is C16H15ClFNO. The number of benzene rings is 2. The minimum atomic E-state index is -0.404. The van der Waals surface area contributed by atoms with Crippen molar-refractivity contribution < 1.29 is 9.13 Å². The number of fused-ring (bicyclic) bond motifs is 1. The van der Waals surface area contributed by atoms with E-state index in [2.05, 4.69) is 12.1 Å². The molecule has 0 spiro atoms. The zero-order valence-corrected chi connectivity index (χ0v) is 11.7. The van der Waals surface area contributed by atoms with Gasteiger partial charge in [-0.05, 0) is 40.8 Å². The van der Waals surface area contributed by atoms with Gasteiger partial charge in [-0.3, -0.25) is 0 Å². The fourth-order valence-electron chi connectivity index (χ4n) is 2.46. The first-order valence-electron chi connectivity index (χ1n) is 6.52. The van der Waals surface area contributed by atoms with E-state index in [0.717, 1.165) is 11.1 Å². The molecule has 104 valence electrons. The zero-order valence-electron chi connectivity index (χ0n) is 10.9. The lowest BCUT2D eigenvalue weighted by atomic mass is 9.97. The number of hydrogen-bond acceptors (Lipinski definition) is 2. The summed E-state index contributed by atoms with van der Waals surface area (Å²) in [6, 6.07) is 10.8. The summed E-state index contributed by atoms with van der Waals surface area (Å²) in [5, 5.41) is 0.136. The second kappa shape index (κ2) is 5.52. The summed E-state index contributed by atoms with van der Waals surface area (Å²) in [6.45, 7) is 1.33. The third kappa shape index (κ3) is 2.70. The maximum Gasteiger partial charge on any atom is 0.141 e. The summed E-state index contributed by atoms with van der Waals surface area (Å²) >= 11 is 5.79. The molecule has 4 heteroatoms. The molecule has 0 amide bonds. The molecule has 0 saturated carbocycles. The Morgan fingerprint density at radius 3 is 2.75 bits per heavy atom. The van der Waals surface area contributed by atoms with Crippen LogP contribution in [0.3, 0.4) is 0 Å². The molecule has 1 aliphatic heterocycles. The highest BCUT2D eigenvalue weighted by molar-refractivity contribution is 6.30. The lowest BCUT2D eigenvalue weighted by Gasteiger charge is -2.13. The quantitative estimate of drug-likeness (QED) is 0.935. The predicted molar refractivity (Wildman–Crippen MR) is 77.0 cm³/mol. The second-order valence-corrected chi connectivity index (χ2v) is 5.49. The van der Waals surface area contributed by atoms with Gasteiger partial charge in [-0.15, -0.1) is 0 Å². The van der Waals surface area contributed by atoms with Crippen LogP contribution in [0.2, 0.25) is 5.02 Å². The average molecular weight is 292 g/mol. The second-order valence-electron chi connectivity index (χ2n) is 5.08. The van der Waals surface area contributed by atoms with Crippen molar-refractivity contribution in [2.24, 2.45) is 5.73 Å². The molecule has 3 rings (SSSR count). The summed E-state index contributed by atoms with van der Waals surface area (Å²) in [4.78, 5) is 0. The molecule has 0 saturated heterocycles. The van der Waals surface area contributed by atoms with Crippen molar-refractivity contribution in [2.75, 3.05) is 0 Å². The minimum Gasteiger partial charge on any atom is -0.372 e. The van der Waals surface area contributed by atoms with E-state index in [1.54, 1.807) is 12.1 Å². The summed E-state index contributed by atoms with van der Waals surface area (Å²) in [7, 11) is 0. The fourth-order valence-corrected chi connectivity index (χ4v) is 2.66. The number of ether oxygens (including phenoxy) is 1. The summed E-state index contributed by atoms with van der Waals surface area (Å²) < 4.78 is 18.5. The first-order valence-corrected chi connectivity index (χ1v) is 6.90. The molecule has 0 aliphatic carbocycles. The highest BCUT2D eigenvalue weighted by Crippen LogP contribution is 2.25. The Morgan fingerprint density at radius 1 is 1.15 bits per heavy atom. The molecule has 2 nitrogen and oxygen atoms in total. The van der Waals surface area contributed by atoms with E-state index in [1.165, 1.54) is 17.2 Å². The van der Waals surface area contributed by atoms with Crippen LogP contribution in [0.4, 0.5) is 4.39 Å². The van der Waals surface area contributed by atoms with Gasteiger partial charge >= 0.3 is 0 Å². The molecule has 20 heavy (non-hydrogen) atoms. The molecule has 0 aromatic heterocycles. The van der Waals surface area contributed by atoms with Gasteiger partial charge in [0.05, 0.1) is 18.2 Å². The fraction of sp³-hybridized carbons (Fsp3) is 0.250. The van der Waals surface area contributed by atoms with Gasteiger partial charge < -0.3 is 10.5 Å². The van der Waals surface area contributed by atoms with Gasteiger partial charge in [-0.1, -0.05) is 35.9 Å². The van der Waals surface area contributed by atoms with Crippen LogP contribution in [0, 0.1) is 5.82 Å². The maximum absolute atomic E-state index is 13.1. The van der Waals surface area contributed by atoms with Gasteiger partial charge in [-0.25, -0.2) is 4.39 Å². The molecular weight excluding hydrogens is 277 g/mol. The topological polar surface area (TPSA) is 35.2 Å². The van der Waals surface area contributed by atoms with Crippen LogP contribution in [-0.4, -0.2) is 0 Å². The van der Waals surface area contributed by atoms with Crippen molar-refractivity contribution in [1.29, 1.82) is 0 Å². The van der Waals surface area contributed by atoms with Crippen molar-refractivity contribution in [3.63, 3.8) is 0 Å². The van der Waals surface area contributed by atoms with E-state index >= 15 is 0 Å². The third-order valence-electron chi connectivity index (χ3n) is 3.61. The molecule has 2 aromatic rings. The van der Waals surface area contributed by atoms with Crippen molar-refractivity contribution in [2.45, 2.75) is 25.7 Å². The largest absolute Gasteiger partial charge is 0.372 e. The van der Waals surface area contributed by atoms with Crippen molar-refractivity contribution in [1.82, 2.24) is 0 Å². The standard InChI is InChI=1S/C16H15ClFNO/c17-14-5-10(1-4-15(14)18)6-16(19)11-2-3-12-8-20-9-13(12)7-11/h1-5,7,16H,6,8-9,19H2. The molecule has 2 N–H and O–H groups in total. The third-order valence-corrected chi connectivity index (χ3v) is 3.90. The molecule has 0 bridgehead atoms. The van der Waals surface area contributed by atoms with Crippen LogP contribution in [0.15, 0.2) is 36.4 Å². The van der Waals surface area contributed by atoms with Gasteiger partial charge in [0.25, 0.3) is 0 Å². The van der Waals surface area contributed by atoms with Crippen molar-refractivity contribution in [3.05, 3.63) is 69.5 Å². The Kier molecular flexibility index (Phi) is 3.74.